The Balaban J connectivity index is 1.59. The van der Waals surface area contributed by atoms with Gasteiger partial charge in [0.25, 0.3) is 0 Å². The van der Waals surface area contributed by atoms with Crippen molar-refractivity contribution in [1.29, 1.82) is 0 Å². The molecule has 3 aromatic rings. The van der Waals surface area contributed by atoms with Gasteiger partial charge >= 0.3 is 11.8 Å². The smallest absolute Gasteiger partial charge is 0.316 e. The second kappa shape index (κ2) is 6.64. The molecule has 0 atom stereocenters. The van der Waals surface area contributed by atoms with Gasteiger partial charge in [0.1, 0.15) is 6.54 Å². The van der Waals surface area contributed by atoms with Gasteiger partial charge in [0.15, 0.2) is 5.82 Å². The molecule has 0 saturated carbocycles. The van der Waals surface area contributed by atoms with Crippen LogP contribution in [0.2, 0.25) is 0 Å². The lowest BCUT2D eigenvalue weighted by Gasteiger charge is -2.00. The van der Waals surface area contributed by atoms with E-state index in [2.05, 4.69) is 48.1 Å². The molecule has 0 aliphatic rings. The summed E-state index contributed by atoms with van der Waals surface area (Å²) in [6.45, 7) is 0.648. The average molecular weight is 410 g/mol. The standard InChI is InChI=1S/C13H11IN6O2/c14-9-5-17-20(7-9)8-11-18-13(22-19-11)12(21)16-6-10-3-1-2-4-15-10/h1-5,7H,6,8H2,(H,16,21). The van der Waals surface area contributed by atoms with Crippen LogP contribution in [0.5, 0.6) is 0 Å². The van der Waals surface area contributed by atoms with Crippen LogP contribution in [0, 0.1) is 3.57 Å². The van der Waals surface area contributed by atoms with Gasteiger partial charge in [0.05, 0.1) is 22.0 Å². The molecule has 112 valence electrons. The molecule has 0 spiro atoms. The fourth-order valence-corrected chi connectivity index (χ4v) is 2.18. The zero-order valence-electron chi connectivity index (χ0n) is 11.3. The van der Waals surface area contributed by atoms with Crippen molar-refractivity contribution in [2.45, 2.75) is 13.1 Å². The number of nitrogens with one attached hydrogen (secondary N) is 1. The summed E-state index contributed by atoms with van der Waals surface area (Å²) in [4.78, 5) is 20.1. The second-order valence-electron chi connectivity index (χ2n) is 4.38. The molecule has 3 aromatic heterocycles. The Morgan fingerprint density at radius 3 is 3.05 bits per heavy atom. The molecule has 0 fully saturated rings. The summed E-state index contributed by atoms with van der Waals surface area (Å²) in [6.07, 6.45) is 5.23. The minimum atomic E-state index is -0.431. The fraction of sp³-hybridized carbons (Fsp3) is 0.154. The molecule has 1 N–H and O–H groups in total. The molecule has 0 radical (unpaired) electrons. The van der Waals surface area contributed by atoms with Gasteiger partial charge in [0.2, 0.25) is 0 Å². The predicted octanol–water partition coefficient (Wildman–Crippen LogP) is 1.24. The Hall–Kier alpha value is -2.30. The summed E-state index contributed by atoms with van der Waals surface area (Å²) in [5, 5.41) is 10.6. The van der Waals surface area contributed by atoms with Gasteiger partial charge in [-0.15, -0.1) is 0 Å². The number of carbonyl (C=O) groups is 1. The number of aromatic nitrogens is 5. The van der Waals surface area contributed by atoms with Crippen LogP contribution >= 0.6 is 22.6 Å². The molecule has 3 rings (SSSR count). The van der Waals surface area contributed by atoms with Crippen LogP contribution in [-0.2, 0) is 13.1 Å². The molecule has 1 amide bonds. The van der Waals surface area contributed by atoms with E-state index in [0.29, 0.717) is 18.9 Å². The zero-order chi connectivity index (χ0) is 15.4. The summed E-state index contributed by atoms with van der Waals surface area (Å²) in [5.74, 6) is -0.116. The van der Waals surface area contributed by atoms with Gasteiger partial charge in [-0.25, -0.2) is 0 Å². The van der Waals surface area contributed by atoms with E-state index < -0.39 is 5.91 Å². The molecule has 0 aliphatic heterocycles. The lowest BCUT2D eigenvalue weighted by atomic mass is 10.3. The average Bonchev–Trinajstić information content (AvgIpc) is 3.16. The SMILES string of the molecule is O=C(NCc1ccccn1)c1nc(Cn2cc(I)cn2)no1. The van der Waals surface area contributed by atoms with Crippen molar-refractivity contribution in [3.8, 4) is 0 Å². The Morgan fingerprint density at radius 1 is 1.41 bits per heavy atom. The third kappa shape index (κ3) is 3.67. The Kier molecular flexibility index (Phi) is 4.42. The molecule has 22 heavy (non-hydrogen) atoms. The van der Waals surface area contributed by atoms with Crippen LogP contribution in [0.4, 0.5) is 0 Å². The molecule has 9 heteroatoms. The lowest BCUT2D eigenvalue weighted by Crippen LogP contribution is -2.23. The van der Waals surface area contributed by atoms with Crippen LogP contribution in [0.15, 0.2) is 41.3 Å². The van der Waals surface area contributed by atoms with Gasteiger partial charge in [-0.1, -0.05) is 11.2 Å². The van der Waals surface area contributed by atoms with Crippen LogP contribution in [-0.4, -0.2) is 30.8 Å². The number of hydrogen-bond donors (Lipinski definition) is 1. The summed E-state index contributed by atoms with van der Waals surface area (Å²) in [6, 6.07) is 5.48. The number of hydrogen-bond acceptors (Lipinski definition) is 6. The molecule has 0 saturated heterocycles. The number of pyridine rings is 1. The predicted molar refractivity (Wildman–Crippen MR) is 83.8 cm³/mol. The summed E-state index contributed by atoms with van der Waals surface area (Å²) >= 11 is 2.16. The molecular weight excluding hydrogens is 399 g/mol. The van der Waals surface area contributed by atoms with Gasteiger partial charge in [-0.05, 0) is 34.7 Å². The van der Waals surface area contributed by atoms with Gasteiger partial charge in [-0.3, -0.25) is 14.5 Å². The molecule has 0 bridgehead atoms. The van der Waals surface area contributed by atoms with E-state index in [1.807, 2.05) is 24.4 Å². The quantitative estimate of drug-likeness (QED) is 0.636. The molecule has 0 aromatic carbocycles. The first-order chi connectivity index (χ1) is 10.7. The largest absolute Gasteiger partial charge is 0.342 e. The fourth-order valence-electron chi connectivity index (χ4n) is 1.73. The topological polar surface area (TPSA) is 98.7 Å². The van der Waals surface area contributed by atoms with Crippen molar-refractivity contribution in [3.05, 3.63) is 57.8 Å². The zero-order valence-corrected chi connectivity index (χ0v) is 13.5. The molecule has 0 aliphatic carbocycles. The maximum atomic E-state index is 11.9. The van der Waals surface area contributed by atoms with Crippen molar-refractivity contribution in [2.24, 2.45) is 0 Å². The summed E-state index contributed by atoms with van der Waals surface area (Å²) in [5.41, 5.74) is 0.752. The Bertz CT molecular complexity index is 770. The van der Waals surface area contributed by atoms with Crippen molar-refractivity contribution in [1.82, 2.24) is 30.2 Å². The summed E-state index contributed by atoms with van der Waals surface area (Å²) in [7, 11) is 0. The number of nitrogens with zero attached hydrogens (tertiary/aromatic N) is 5. The first kappa shape index (κ1) is 14.6. The van der Waals surface area contributed by atoms with Gasteiger partial charge in [0, 0.05) is 12.4 Å². The van der Waals surface area contributed by atoms with Crippen molar-refractivity contribution < 1.29 is 9.32 Å². The van der Waals surface area contributed by atoms with E-state index in [1.54, 1.807) is 17.1 Å². The first-order valence-electron chi connectivity index (χ1n) is 6.39. The number of amides is 1. The van der Waals surface area contributed by atoms with E-state index >= 15 is 0 Å². The van der Waals surface area contributed by atoms with E-state index in [1.165, 1.54) is 0 Å². The lowest BCUT2D eigenvalue weighted by molar-refractivity contribution is 0.0906. The van der Waals surface area contributed by atoms with Crippen LogP contribution in [0.3, 0.4) is 0 Å². The normalized spacial score (nSPS) is 10.6. The minimum absolute atomic E-state index is 0.0761. The highest BCUT2D eigenvalue weighted by Crippen LogP contribution is 2.04. The van der Waals surface area contributed by atoms with Crippen LogP contribution < -0.4 is 5.32 Å². The third-order valence-corrected chi connectivity index (χ3v) is 3.28. The minimum Gasteiger partial charge on any atom is -0.342 e. The third-order valence-electron chi connectivity index (χ3n) is 2.72. The van der Waals surface area contributed by atoms with E-state index in [0.717, 1.165) is 9.26 Å². The highest BCUT2D eigenvalue weighted by molar-refractivity contribution is 14.1. The van der Waals surface area contributed by atoms with Crippen molar-refractivity contribution >= 4 is 28.5 Å². The molecule has 8 nitrogen and oxygen atoms in total. The second-order valence-corrected chi connectivity index (χ2v) is 5.62. The van der Waals surface area contributed by atoms with E-state index in [-0.39, 0.29) is 5.89 Å². The van der Waals surface area contributed by atoms with Crippen molar-refractivity contribution in [2.75, 3.05) is 0 Å². The molecule has 3 heterocycles. The summed E-state index contributed by atoms with van der Waals surface area (Å²) < 4.78 is 7.63. The Morgan fingerprint density at radius 2 is 2.32 bits per heavy atom. The van der Waals surface area contributed by atoms with Gasteiger partial charge < -0.3 is 9.84 Å². The van der Waals surface area contributed by atoms with Crippen LogP contribution in [0.25, 0.3) is 0 Å². The molecular formula is C13H11IN6O2. The highest BCUT2D eigenvalue weighted by Gasteiger charge is 2.15. The molecule has 0 unspecified atom stereocenters. The highest BCUT2D eigenvalue weighted by atomic mass is 127. The van der Waals surface area contributed by atoms with E-state index in [9.17, 15) is 4.79 Å². The van der Waals surface area contributed by atoms with Crippen LogP contribution in [0.1, 0.15) is 22.2 Å². The Labute approximate surface area is 139 Å². The monoisotopic (exact) mass is 410 g/mol. The maximum absolute atomic E-state index is 11.9. The van der Waals surface area contributed by atoms with Crippen molar-refractivity contribution in [3.63, 3.8) is 0 Å². The number of rotatable bonds is 5. The maximum Gasteiger partial charge on any atom is 0.316 e. The van der Waals surface area contributed by atoms with Gasteiger partial charge in [-0.2, -0.15) is 10.1 Å². The number of halogens is 1. The number of carbonyl (C=O) groups excluding carboxylic acids is 1. The van der Waals surface area contributed by atoms with E-state index in [4.69, 9.17) is 4.52 Å². The first-order valence-corrected chi connectivity index (χ1v) is 7.47.